The van der Waals surface area contributed by atoms with E-state index in [4.69, 9.17) is 11.6 Å². The van der Waals surface area contributed by atoms with Gasteiger partial charge in [0.05, 0.1) is 6.10 Å². The molecule has 0 radical (unpaired) electrons. The molecule has 3 nitrogen and oxygen atoms in total. The smallest absolute Gasteiger partial charge is 0.0802 e. The lowest BCUT2D eigenvalue weighted by molar-refractivity contribution is 0.104. The highest BCUT2D eigenvalue weighted by Crippen LogP contribution is 2.21. The first-order chi connectivity index (χ1) is 10.1. The Morgan fingerprint density at radius 3 is 2.48 bits per heavy atom. The number of rotatable bonds is 6. The van der Waals surface area contributed by atoms with E-state index in [1.165, 1.54) is 25.9 Å². The number of piperidine rings is 1. The van der Waals surface area contributed by atoms with Crippen molar-refractivity contribution in [1.29, 1.82) is 0 Å². The first kappa shape index (κ1) is 16.8. The summed E-state index contributed by atoms with van der Waals surface area (Å²) in [4.78, 5) is 4.92. The average Bonchev–Trinajstić information content (AvgIpc) is 2.53. The van der Waals surface area contributed by atoms with Gasteiger partial charge in [0.25, 0.3) is 0 Å². The van der Waals surface area contributed by atoms with Crippen LogP contribution < -0.4 is 0 Å². The minimum atomic E-state index is -0.402. The largest absolute Gasteiger partial charge is 0.388 e. The van der Waals surface area contributed by atoms with Gasteiger partial charge in [0.2, 0.25) is 0 Å². The first-order valence-corrected chi connectivity index (χ1v) is 8.34. The summed E-state index contributed by atoms with van der Waals surface area (Å²) in [7, 11) is 2.18. The van der Waals surface area contributed by atoms with Crippen molar-refractivity contribution in [2.75, 3.05) is 33.2 Å². The van der Waals surface area contributed by atoms with Gasteiger partial charge in [-0.05, 0) is 63.6 Å². The van der Waals surface area contributed by atoms with Crippen molar-refractivity contribution < 1.29 is 5.11 Å². The Labute approximate surface area is 133 Å². The van der Waals surface area contributed by atoms with E-state index in [9.17, 15) is 5.11 Å². The molecule has 118 valence electrons. The molecule has 0 aliphatic carbocycles. The van der Waals surface area contributed by atoms with Gasteiger partial charge in [0.15, 0.2) is 0 Å². The van der Waals surface area contributed by atoms with E-state index in [2.05, 4.69) is 23.8 Å². The van der Waals surface area contributed by atoms with Crippen molar-refractivity contribution >= 4 is 11.6 Å². The molecule has 1 heterocycles. The number of hydrogen-bond acceptors (Lipinski definition) is 3. The lowest BCUT2D eigenvalue weighted by Crippen LogP contribution is -2.43. The Morgan fingerprint density at radius 2 is 1.90 bits per heavy atom. The molecule has 1 aliphatic heterocycles. The second-order valence-corrected chi connectivity index (χ2v) is 6.44. The summed E-state index contributed by atoms with van der Waals surface area (Å²) in [6, 6.07) is 8.15. The topological polar surface area (TPSA) is 26.7 Å². The zero-order valence-electron chi connectivity index (χ0n) is 13.1. The minimum absolute atomic E-state index is 0.402. The number of aliphatic hydroxyl groups is 1. The van der Waals surface area contributed by atoms with Crippen LogP contribution in [-0.2, 0) is 0 Å². The molecule has 1 aromatic rings. The van der Waals surface area contributed by atoms with E-state index < -0.39 is 6.10 Å². The van der Waals surface area contributed by atoms with E-state index in [0.717, 1.165) is 25.1 Å². The van der Waals surface area contributed by atoms with Gasteiger partial charge < -0.3 is 14.9 Å². The van der Waals surface area contributed by atoms with Crippen molar-refractivity contribution in [1.82, 2.24) is 9.80 Å². The van der Waals surface area contributed by atoms with Crippen molar-refractivity contribution in [3.63, 3.8) is 0 Å². The molecular formula is C17H27ClN2O. The molecule has 0 aromatic heterocycles. The molecule has 2 rings (SSSR count). The van der Waals surface area contributed by atoms with Crippen LogP contribution in [0.1, 0.15) is 37.9 Å². The zero-order chi connectivity index (χ0) is 15.2. The molecule has 1 aromatic carbocycles. The highest BCUT2D eigenvalue weighted by molar-refractivity contribution is 6.30. The van der Waals surface area contributed by atoms with Crippen LogP contribution in [0.25, 0.3) is 0 Å². The molecular weight excluding hydrogens is 284 g/mol. The Hall–Kier alpha value is -0.610. The second-order valence-electron chi connectivity index (χ2n) is 6.00. The van der Waals surface area contributed by atoms with E-state index >= 15 is 0 Å². The highest BCUT2D eigenvalue weighted by atomic mass is 35.5. The van der Waals surface area contributed by atoms with Crippen LogP contribution in [-0.4, -0.2) is 54.2 Å². The summed E-state index contributed by atoms with van der Waals surface area (Å²) in [5, 5.41) is 11.0. The number of hydrogen-bond donors (Lipinski definition) is 1. The van der Waals surface area contributed by atoms with Crippen LogP contribution in [0.2, 0.25) is 5.02 Å². The molecule has 1 aliphatic rings. The van der Waals surface area contributed by atoms with Crippen LogP contribution in [0.5, 0.6) is 0 Å². The molecule has 0 amide bonds. The fraction of sp³-hybridized carbons (Fsp3) is 0.647. The van der Waals surface area contributed by atoms with Crippen molar-refractivity contribution in [2.45, 2.75) is 38.3 Å². The summed E-state index contributed by atoms with van der Waals surface area (Å²) in [5.74, 6) is 0. The van der Waals surface area contributed by atoms with Gasteiger partial charge in [-0.2, -0.15) is 0 Å². The molecule has 1 N–H and O–H groups in total. The van der Waals surface area contributed by atoms with Gasteiger partial charge >= 0.3 is 0 Å². The van der Waals surface area contributed by atoms with E-state index in [1.807, 2.05) is 24.3 Å². The van der Waals surface area contributed by atoms with Crippen LogP contribution in [0.4, 0.5) is 0 Å². The van der Waals surface area contributed by atoms with Gasteiger partial charge in [-0.15, -0.1) is 0 Å². The molecule has 1 saturated heterocycles. The average molecular weight is 311 g/mol. The van der Waals surface area contributed by atoms with E-state index in [1.54, 1.807) is 0 Å². The summed E-state index contributed by atoms with van der Waals surface area (Å²) >= 11 is 5.88. The van der Waals surface area contributed by atoms with E-state index in [0.29, 0.717) is 11.1 Å². The van der Waals surface area contributed by atoms with Gasteiger partial charge in [-0.1, -0.05) is 30.7 Å². The van der Waals surface area contributed by atoms with Gasteiger partial charge in [-0.3, -0.25) is 0 Å². The fourth-order valence-electron chi connectivity index (χ4n) is 3.04. The predicted octanol–water partition coefficient (Wildman–Crippen LogP) is 3.18. The molecule has 1 atom stereocenters. The number of benzene rings is 1. The number of halogens is 1. The van der Waals surface area contributed by atoms with Crippen LogP contribution in [0.15, 0.2) is 24.3 Å². The van der Waals surface area contributed by atoms with Crippen LogP contribution in [0.3, 0.4) is 0 Å². The standard InChI is InChI=1S/C17H27ClN2O/c1-3-20-12-8-16(9-13-20)19(2)11-10-17(21)14-4-6-15(18)7-5-14/h4-7,16-17,21H,3,8-13H2,1-2H3. The van der Waals surface area contributed by atoms with Gasteiger partial charge in [-0.25, -0.2) is 0 Å². The Bertz CT molecular complexity index is 415. The number of aliphatic hydroxyl groups excluding tert-OH is 1. The SMILES string of the molecule is CCN1CCC(N(C)CCC(O)c2ccc(Cl)cc2)CC1. The lowest BCUT2D eigenvalue weighted by atomic mass is 10.0. The van der Waals surface area contributed by atoms with E-state index in [-0.39, 0.29) is 0 Å². The van der Waals surface area contributed by atoms with Crippen molar-refractivity contribution in [3.05, 3.63) is 34.9 Å². The second kappa shape index (κ2) is 8.14. The summed E-state index contributed by atoms with van der Waals surface area (Å²) in [6.07, 6.45) is 2.84. The lowest BCUT2D eigenvalue weighted by Gasteiger charge is -2.36. The minimum Gasteiger partial charge on any atom is -0.388 e. The quantitative estimate of drug-likeness (QED) is 0.874. The van der Waals surface area contributed by atoms with Crippen LogP contribution in [0, 0.1) is 0 Å². The third-order valence-corrected chi connectivity index (χ3v) is 4.89. The molecule has 1 unspecified atom stereocenters. The van der Waals surface area contributed by atoms with Crippen molar-refractivity contribution in [3.8, 4) is 0 Å². The maximum absolute atomic E-state index is 10.3. The summed E-state index contributed by atoms with van der Waals surface area (Å²) in [5.41, 5.74) is 0.952. The molecule has 1 fully saturated rings. The Balaban J connectivity index is 1.76. The maximum atomic E-state index is 10.3. The monoisotopic (exact) mass is 310 g/mol. The van der Waals surface area contributed by atoms with Gasteiger partial charge in [0.1, 0.15) is 0 Å². The molecule has 4 heteroatoms. The number of likely N-dealkylation sites (tertiary alicyclic amines) is 1. The predicted molar refractivity (Wildman–Crippen MR) is 88.8 cm³/mol. The van der Waals surface area contributed by atoms with Crippen molar-refractivity contribution in [2.24, 2.45) is 0 Å². The van der Waals surface area contributed by atoms with Crippen LogP contribution >= 0.6 is 11.6 Å². The number of nitrogens with zero attached hydrogens (tertiary/aromatic N) is 2. The maximum Gasteiger partial charge on any atom is 0.0802 e. The normalized spacial score (nSPS) is 19.1. The third kappa shape index (κ3) is 4.96. The fourth-order valence-corrected chi connectivity index (χ4v) is 3.16. The summed E-state index contributed by atoms with van der Waals surface area (Å²) in [6.45, 7) is 6.72. The molecule has 0 bridgehead atoms. The molecule has 0 saturated carbocycles. The highest BCUT2D eigenvalue weighted by Gasteiger charge is 2.21. The zero-order valence-corrected chi connectivity index (χ0v) is 13.9. The first-order valence-electron chi connectivity index (χ1n) is 7.96. The Kier molecular flexibility index (Phi) is 6.49. The van der Waals surface area contributed by atoms with Gasteiger partial charge in [0, 0.05) is 17.6 Å². The summed E-state index contributed by atoms with van der Waals surface area (Å²) < 4.78 is 0. The Morgan fingerprint density at radius 1 is 1.29 bits per heavy atom. The third-order valence-electron chi connectivity index (χ3n) is 4.64. The molecule has 21 heavy (non-hydrogen) atoms. The molecule has 0 spiro atoms.